The summed E-state index contributed by atoms with van der Waals surface area (Å²) in [6, 6.07) is 9.27. The van der Waals surface area contributed by atoms with E-state index in [2.05, 4.69) is 10.5 Å². The third-order valence-electron chi connectivity index (χ3n) is 2.95. The maximum absolute atomic E-state index is 12.0. The summed E-state index contributed by atoms with van der Waals surface area (Å²) >= 11 is 0. The first-order chi connectivity index (χ1) is 9.68. The van der Waals surface area contributed by atoms with Crippen LogP contribution < -0.4 is 21.6 Å². The minimum Gasteiger partial charge on any atom is -0.287 e. The predicted molar refractivity (Wildman–Crippen MR) is 72.8 cm³/mol. The summed E-state index contributed by atoms with van der Waals surface area (Å²) in [7, 11) is 0. The van der Waals surface area contributed by atoms with Crippen molar-refractivity contribution in [2.75, 3.05) is 0 Å². The Labute approximate surface area is 112 Å². The van der Waals surface area contributed by atoms with Crippen molar-refractivity contribution >= 4 is 16.8 Å². The molecule has 0 aliphatic carbocycles. The Morgan fingerprint density at radius 2 is 1.50 bits per heavy atom. The van der Waals surface area contributed by atoms with Crippen molar-refractivity contribution in [3.05, 3.63) is 74.6 Å². The van der Waals surface area contributed by atoms with E-state index in [1.54, 1.807) is 36.4 Å². The van der Waals surface area contributed by atoms with Crippen LogP contribution in [-0.2, 0) is 0 Å². The highest BCUT2D eigenvalue weighted by Gasteiger charge is 2.10. The zero-order valence-electron chi connectivity index (χ0n) is 10.2. The molecule has 98 valence electrons. The molecule has 0 saturated carbocycles. The van der Waals surface area contributed by atoms with Gasteiger partial charge in [0.1, 0.15) is 0 Å². The van der Waals surface area contributed by atoms with Gasteiger partial charge in [-0.1, -0.05) is 24.3 Å². The highest BCUT2D eigenvalue weighted by molar-refractivity contribution is 5.83. The van der Waals surface area contributed by atoms with E-state index in [0.29, 0.717) is 10.8 Å². The first kappa shape index (κ1) is 12.0. The highest BCUT2D eigenvalue weighted by atomic mass is 16.2. The molecule has 0 atom stereocenters. The van der Waals surface area contributed by atoms with Gasteiger partial charge in [0.2, 0.25) is 10.9 Å². The van der Waals surface area contributed by atoms with E-state index in [1.807, 2.05) is 0 Å². The summed E-state index contributed by atoms with van der Waals surface area (Å²) in [5.74, 6) is 0. The molecule has 0 bridgehead atoms. The molecule has 0 unspecified atom stereocenters. The van der Waals surface area contributed by atoms with Crippen LogP contribution in [0, 0.1) is 0 Å². The van der Waals surface area contributed by atoms with Crippen LogP contribution in [0.5, 0.6) is 0 Å². The van der Waals surface area contributed by atoms with Gasteiger partial charge in [0.15, 0.2) is 5.36 Å². The lowest BCUT2D eigenvalue weighted by Gasteiger charge is -1.97. The SMILES string of the molecule is O=C(NN=c1c(=O)c2ccccc2c1=O)n1cccc1. The highest BCUT2D eigenvalue weighted by Crippen LogP contribution is 2.01. The van der Waals surface area contributed by atoms with Crippen LogP contribution in [0.25, 0.3) is 10.8 Å². The quantitative estimate of drug-likeness (QED) is 0.644. The number of fused-ring (bicyclic) bond motifs is 1. The first-order valence-electron chi connectivity index (χ1n) is 5.88. The lowest BCUT2D eigenvalue weighted by molar-refractivity contribution is 0.242. The fourth-order valence-corrected chi connectivity index (χ4v) is 1.97. The lowest BCUT2D eigenvalue weighted by Crippen LogP contribution is -2.36. The second kappa shape index (κ2) is 4.58. The summed E-state index contributed by atoms with van der Waals surface area (Å²) in [6.45, 7) is 0. The summed E-state index contributed by atoms with van der Waals surface area (Å²) in [4.78, 5) is 35.7. The van der Waals surface area contributed by atoms with Crippen LogP contribution in [0.4, 0.5) is 4.79 Å². The average Bonchev–Trinajstić information content (AvgIpc) is 3.07. The normalized spacial score (nSPS) is 10.6. The molecule has 3 rings (SSSR count). The van der Waals surface area contributed by atoms with Crippen molar-refractivity contribution in [1.82, 2.24) is 9.99 Å². The van der Waals surface area contributed by atoms with E-state index in [4.69, 9.17) is 0 Å². The van der Waals surface area contributed by atoms with Gasteiger partial charge in [-0.2, -0.15) is 5.10 Å². The zero-order chi connectivity index (χ0) is 14.1. The van der Waals surface area contributed by atoms with E-state index < -0.39 is 16.9 Å². The minimum absolute atomic E-state index is 0.272. The molecule has 0 saturated heterocycles. The van der Waals surface area contributed by atoms with Crippen molar-refractivity contribution in [3.63, 3.8) is 0 Å². The van der Waals surface area contributed by atoms with Crippen molar-refractivity contribution < 1.29 is 4.79 Å². The number of carbonyl (C=O) groups excluding carboxylic acids is 1. The number of rotatable bonds is 1. The molecule has 1 N–H and O–H groups in total. The third-order valence-corrected chi connectivity index (χ3v) is 2.95. The van der Waals surface area contributed by atoms with Crippen LogP contribution in [0.2, 0.25) is 0 Å². The topological polar surface area (TPSA) is 80.5 Å². The van der Waals surface area contributed by atoms with Gasteiger partial charge in [-0.05, 0) is 12.1 Å². The van der Waals surface area contributed by atoms with Crippen molar-refractivity contribution in [2.24, 2.45) is 5.10 Å². The Hall–Kier alpha value is -3.02. The van der Waals surface area contributed by atoms with Gasteiger partial charge in [0, 0.05) is 23.2 Å². The Kier molecular flexibility index (Phi) is 2.76. The summed E-state index contributed by atoms with van der Waals surface area (Å²) in [5, 5.41) is 4.00. The van der Waals surface area contributed by atoms with E-state index in [1.165, 1.54) is 17.0 Å². The molecule has 1 amide bonds. The van der Waals surface area contributed by atoms with Gasteiger partial charge < -0.3 is 0 Å². The monoisotopic (exact) mass is 267 g/mol. The molecule has 0 spiro atoms. The molecular weight excluding hydrogens is 258 g/mol. The van der Waals surface area contributed by atoms with Crippen LogP contribution in [0.3, 0.4) is 0 Å². The van der Waals surface area contributed by atoms with Gasteiger partial charge in [-0.15, -0.1) is 0 Å². The van der Waals surface area contributed by atoms with Gasteiger partial charge in [-0.25, -0.2) is 10.2 Å². The second-order valence-electron chi connectivity index (χ2n) is 4.17. The van der Waals surface area contributed by atoms with Gasteiger partial charge in [0.25, 0.3) is 0 Å². The van der Waals surface area contributed by atoms with E-state index in [9.17, 15) is 14.4 Å². The number of nitrogens with zero attached hydrogens (tertiary/aromatic N) is 2. The first-order valence-corrected chi connectivity index (χ1v) is 5.88. The zero-order valence-corrected chi connectivity index (χ0v) is 10.2. The fraction of sp³-hybridized carbons (Fsp3) is 0. The molecule has 6 heteroatoms. The number of carbonyl (C=O) groups is 1. The Bertz CT molecular complexity index is 882. The van der Waals surface area contributed by atoms with E-state index >= 15 is 0 Å². The van der Waals surface area contributed by atoms with Crippen LogP contribution in [0.1, 0.15) is 0 Å². The molecule has 20 heavy (non-hydrogen) atoms. The molecule has 1 heterocycles. The third kappa shape index (κ3) is 1.83. The van der Waals surface area contributed by atoms with Crippen LogP contribution >= 0.6 is 0 Å². The average molecular weight is 267 g/mol. The molecule has 3 aromatic rings. The molecule has 0 fully saturated rings. The number of nitrogens with one attached hydrogen (secondary N) is 1. The summed E-state index contributed by atoms with van der Waals surface area (Å²) < 4.78 is 1.25. The Balaban J connectivity index is 2.07. The maximum atomic E-state index is 12.0. The van der Waals surface area contributed by atoms with Crippen LogP contribution in [-0.4, -0.2) is 10.6 Å². The second-order valence-corrected chi connectivity index (χ2v) is 4.17. The number of aromatic nitrogens is 1. The van der Waals surface area contributed by atoms with Gasteiger partial charge >= 0.3 is 6.03 Å². The van der Waals surface area contributed by atoms with Crippen molar-refractivity contribution in [2.45, 2.75) is 0 Å². The molecule has 0 aliphatic heterocycles. The predicted octanol–water partition coefficient (Wildman–Crippen LogP) is 0.311. The smallest absolute Gasteiger partial charge is 0.287 e. The van der Waals surface area contributed by atoms with Gasteiger partial charge in [-0.3, -0.25) is 14.2 Å². The van der Waals surface area contributed by atoms with Crippen molar-refractivity contribution in [1.29, 1.82) is 0 Å². The van der Waals surface area contributed by atoms with Crippen molar-refractivity contribution in [3.8, 4) is 0 Å². The standard InChI is InChI=1S/C14H9N3O3/c18-12-9-5-1-2-6-10(9)13(19)11(12)15-16-14(20)17-7-3-4-8-17/h1-8H,(H,16,20). The largest absolute Gasteiger partial charge is 0.345 e. The minimum atomic E-state index is -0.543. The number of hydrogen-bond donors (Lipinski definition) is 1. The molecule has 2 aromatic carbocycles. The Morgan fingerprint density at radius 3 is 2.05 bits per heavy atom. The van der Waals surface area contributed by atoms with E-state index in [-0.39, 0.29) is 5.36 Å². The lowest BCUT2D eigenvalue weighted by atomic mass is 10.2. The molecule has 1 aromatic heterocycles. The fourth-order valence-electron chi connectivity index (χ4n) is 1.97. The molecule has 0 radical (unpaired) electrons. The van der Waals surface area contributed by atoms with Crippen LogP contribution in [0.15, 0.2) is 63.5 Å². The number of hydrogen-bond acceptors (Lipinski definition) is 4. The molecule has 0 aliphatic rings. The van der Waals surface area contributed by atoms with Gasteiger partial charge in [0.05, 0.1) is 0 Å². The molecular formula is C14H9N3O3. The summed E-state index contributed by atoms with van der Waals surface area (Å²) in [6.07, 6.45) is 3.06. The maximum Gasteiger partial charge on any atom is 0.345 e. The molecule has 6 nitrogen and oxygen atoms in total. The number of amides is 1. The Morgan fingerprint density at radius 1 is 0.950 bits per heavy atom. The summed E-state index contributed by atoms with van der Waals surface area (Å²) in [5.41, 5.74) is 1.25. The van der Waals surface area contributed by atoms with E-state index in [0.717, 1.165) is 0 Å². The number of benzene rings is 1.